The monoisotopic (exact) mass is 350 g/mol. The zero-order valence-corrected chi connectivity index (χ0v) is 13.0. The molecule has 130 valence electrons. The number of ether oxygens (including phenoxy) is 1. The van der Waals surface area contributed by atoms with E-state index in [1.807, 2.05) is 0 Å². The SMILES string of the molecule is Cc1nc(-n2cc(Cc3ccc(OC(F)(F)F)cc3)cn2)cc(=O)[nH]1. The summed E-state index contributed by atoms with van der Waals surface area (Å²) in [5.41, 5.74) is 1.34. The van der Waals surface area contributed by atoms with E-state index in [2.05, 4.69) is 19.8 Å². The first-order chi connectivity index (χ1) is 11.8. The number of aromatic amines is 1. The third-order valence-corrected chi connectivity index (χ3v) is 3.28. The van der Waals surface area contributed by atoms with Crippen LogP contribution in [0, 0.1) is 6.92 Å². The van der Waals surface area contributed by atoms with E-state index in [9.17, 15) is 18.0 Å². The molecule has 2 aromatic heterocycles. The molecule has 0 saturated heterocycles. The maximum Gasteiger partial charge on any atom is 0.573 e. The van der Waals surface area contributed by atoms with Gasteiger partial charge in [-0.05, 0) is 30.2 Å². The van der Waals surface area contributed by atoms with Crippen LogP contribution in [0.15, 0.2) is 47.5 Å². The van der Waals surface area contributed by atoms with Crippen LogP contribution in [-0.4, -0.2) is 26.1 Å². The van der Waals surface area contributed by atoms with Crippen LogP contribution in [0.25, 0.3) is 5.82 Å². The van der Waals surface area contributed by atoms with Gasteiger partial charge in [-0.1, -0.05) is 12.1 Å². The van der Waals surface area contributed by atoms with E-state index >= 15 is 0 Å². The second-order valence-electron chi connectivity index (χ2n) is 5.35. The maximum atomic E-state index is 12.1. The molecule has 1 aromatic carbocycles. The van der Waals surface area contributed by atoms with Gasteiger partial charge in [-0.25, -0.2) is 9.67 Å². The van der Waals surface area contributed by atoms with Gasteiger partial charge >= 0.3 is 6.36 Å². The number of aryl methyl sites for hydroxylation is 1. The highest BCUT2D eigenvalue weighted by Gasteiger charge is 2.30. The molecule has 0 amide bonds. The van der Waals surface area contributed by atoms with Crippen molar-refractivity contribution in [2.24, 2.45) is 0 Å². The number of nitrogens with zero attached hydrogens (tertiary/aromatic N) is 3. The van der Waals surface area contributed by atoms with E-state index in [1.54, 1.807) is 31.5 Å². The van der Waals surface area contributed by atoms with Gasteiger partial charge in [0.15, 0.2) is 5.82 Å². The molecular weight excluding hydrogens is 337 g/mol. The lowest BCUT2D eigenvalue weighted by Gasteiger charge is -2.09. The summed E-state index contributed by atoms with van der Waals surface area (Å²) in [4.78, 5) is 18.2. The molecule has 3 rings (SSSR count). The second-order valence-corrected chi connectivity index (χ2v) is 5.35. The van der Waals surface area contributed by atoms with Crippen molar-refractivity contribution in [2.75, 3.05) is 0 Å². The van der Waals surface area contributed by atoms with E-state index < -0.39 is 6.36 Å². The van der Waals surface area contributed by atoms with E-state index in [0.29, 0.717) is 18.1 Å². The van der Waals surface area contributed by atoms with Crippen LogP contribution in [0.5, 0.6) is 5.75 Å². The summed E-state index contributed by atoms with van der Waals surface area (Å²) in [5, 5.41) is 4.16. The highest BCUT2D eigenvalue weighted by Crippen LogP contribution is 2.23. The largest absolute Gasteiger partial charge is 0.573 e. The minimum absolute atomic E-state index is 0.268. The Morgan fingerprint density at radius 1 is 1.20 bits per heavy atom. The van der Waals surface area contributed by atoms with Crippen molar-refractivity contribution < 1.29 is 17.9 Å². The van der Waals surface area contributed by atoms with Gasteiger partial charge in [0.2, 0.25) is 0 Å². The Kier molecular flexibility index (Phi) is 4.30. The molecule has 1 N–H and O–H groups in total. The predicted molar refractivity (Wildman–Crippen MR) is 82.6 cm³/mol. The highest BCUT2D eigenvalue weighted by atomic mass is 19.4. The zero-order chi connectivity index (χ0) is 18.0. The molecule has 0 fully saturated rings. The molecule has 0 aliphatic heterocycles. The lowest BCUT2D eigenvalue weighted by Crippen LogP contribution is -2.17. The molecule has 0 spiro atoms. The number of halogens is 3. The number of alkyl halides is 3. The number of aromatic nitrogens is 4. The molecule has 0 radical (unpaired) electrons. The fraction of sp³-hybridized carbons (Fsp3) is 0.188. The van der Waals surface area contributed by atoms with E-state index in [4.69, 9.17) is 0 Å². The Balaban J connectivity index is 1.74. The predicted octanol–water partition coefficient (Wildman–Crippen LogP) is 2.75. The van der Waals surface area contributed by atoms with Gasteiger partial charge < -0.3 is 9.72 Å². The number of benzene rings is 1. The minimum Gasteiger partial charge on any atom is -0.406 e. The summed E-state index contributed by atoms with van der Waals surface area (Å²) in [6.45, 7) is 1.67. The average molecular weight is 350 g/mol. The molecule has 0 atom stereocenters. The van der Waals surface area contributed by atoms with Crippen molar-refractivity contribution >= 4 is 0 Å². The minimum atomic E-state index is -4.71. The summed E-state index contributed by atoms with van der Waals surface area (Å²) < 4.78 is 41.7. The first-order valence-electron chi connectivity index (χ1n) is 7.25. The molecule has 0 aliphatic carbocycles. The standard InChI is InChI=1S/C16H13F3N4O2/c1-10-21-14(7-15(24)22-10)23-9-12(8-20-23)6-11-2-4-13(5-3-11)25-16(17,18)19/h2-5,7-9H,6H2,1H3,(H,21,22,24). The summed E-state index contributed by atoms with van der Waals surface area (Å²) in [5.74, 6) is 0.594. The van der Waals surface area contributed by atoms with Crippen LogP contribution < -0.4 is 10.3 Å². The summed E-state index contributed by atoms with van der Waals surface area (Å²) >= 11 is 0. The Morgan fingerprint density at radius 2 is 1.92 bits per heavy atom. The van der Waals surface area contributed by atoms with Crippen LogP contribution >= 0.6 is 0 Å². The number of hydrogen-bond acceptors (Lipinski definition) is 4. The molecule has 3 aromatic rings. The van der Waals surface area contributed by atoms with Crippen molar-refractivity contribution in [2.45, 2.75) is 19.7 Å². The average Bonchev–Trinajstić information content (AvgIpc) is 2.95. The number of rotatable bonds is 4. The molecular formula is C16H13F3N4O2. The Labute approximate surface area is 139 Å². The summed E-state index contributed by atoms with van der Waals surface area (Å²) in [7, 11) is 0. The van der Waals surface area contributed by atoms with Gasteiger partial charge in [0.05, 0.1) is 6.20 Å². The number of hydrogen-bond donors (Lipinski definition) is 1. The summed E-state index contributed by atoms with van der Waals surface area (Å²) in [6, 6.07) is 6.94. The smallest absolute Gasteiger partial charge is 0.406 e. The third-order valence-electron chi connectivity index (χ3n) is 3.28. The topological polar surface area (TPSA) is 72.8 Å². The van der Waals surface area contributed by atoms with Crippen LogP contribution in [0.1, 0.15) is 17.0 Å². The van der Waals surface area contributed by atoms with E-state index in [0.717, 1.165) is 11.1 Å². The third kappa shape index (κ3) is 4.46. The number of nitrogens with one attached hydrogen (secondary N) is 1. The van der Waals surface area contributed by atoms with Gasteiger partial charge in [-0.2, -0.15) is 5.10 Å². The van der Waals surface area contributed by atoms with Gasteiger partial charge in [-0.3, -0.25) is 4.79 Å². The van der Waals surface area contributed by atoms with Crippen LogP contribution in [-0.2, 0) is 6.42 Å². The van der Waals surface area contributed by atoms with Crippen molar-refractivity contribution in [3.05, 3.63) is 70.0 Å². The van der Waals surface area contributed by atoms with E-state index in [1.165, 1.54) is 22.9 Å². The molecule has 9 heteroatoms. The molecule has 2 heterocycles. The fourth-order valence-electron chi connectivity index (χ4n) is 2.30. The molecule has 0 bridgehead atoms. The molecule has 0 saturated carbocycles. The van der Waals surface area contributed by atoms with Crippen molar-refractivity contribution in [1.29, 1.82) is 0 Å². The van der Waals surface area contributed by atoms with Gasteiger partial charge in [0.1, 0.15) is 11.6 Å². The quantitative estimate of drug-likeness (QED) is 0.785. The van der Waals surface area contributed by atoms with Crippen molar-refractivity contribution in [1.82, 2.24) is 19.7 Å². The van der Waals surface area contributed by atoms with Gasteiger partial charge in [0, 0.05) is 18.7 Å². The second kappa shape index (κ2) is 6.42. The Bertz CT molecular complexity index is 930. The maximum absolute atomic E-state index is 12.1. The fourth-order valence-corrected chi connectivity index (χ4v) is 2.30. The van der Waals surface area contributed by atoms with Crippen LogP contribution in [0.3, 0.4) is 0 Å². The van der Waals surface area contributed by atoms with Gasteiger partial charge in [0.25, 0.3) is 5.56 Å². The lowest BCUT2D eigenvalue weighted by atomic mass is 10.1. The molecule has 25 heavy (non-hydrogen) atoms. The first kappa shape index (κ1) is 16.7. The van der Waals surface area contributed by atoms with Gasteiger partial charge in [-0.15, -0.1) is 13.2 Å². The molecule has 0 unspecified atom stereocenters. The van der Waals surface area contributed by atoms with Crippen LogP contribution in [0.2, 0.25) is 0 Å². The van der Waals surface area contributed by atoms with Crippen LogP contribution in [0.4, 0.5) is 13.2 Å². The van der Waals surface area contributed by atoms with E-state index in [-0.39, 0.29) is 11.3 Å². The molecule has 0 aliphatic rings. The lowest BCUT2D eigenvalue weighted by molar-refractivity contribution is -0.274. The molecule has 6 nitrogen and oxygen atoms in total. The zero-order valence-electron chi connectivity index (χ0n) is 13.0. The summed E-state index contributed by atoms with van der Waals surface area (Å²) in [6.07, 6.45) is -0.921. The van der Waals surface area contributed by atoms with Crippen molar-refractivity contribution in [3.63, 3.8) is 0 Å². The van der Waals surface area contributed by atoms with Crippen molar-refractivity contribution in [3.8, 4) is 11.6 Å². The number of H-pyrrole nitrogens is 1. The Hall–Kier alpha value is -3.10. The Morgan fingerprint density at radius 3 is 2.56 bits per heavy atom. The highest BCUT2D eigenvalue weighted by molar-refractivity contribution is 5.31. The normalized spacial score (nSPS) is 11.5. The first-order valence-corrected chi connectivity index (χ1v) is 7.25.